The fraction of sp³-hybridized carbons (Fsp3) is 1.00. The highest BCUT2D eigenvalue weighted by molar-refractivity contribution is 4.93. The summed E-state index contributed by atoms with van der Waals surface area (Å²) in [6, 6.07) is 0. The maximum absolute atomic E-state index is 9.44. The van der Waals surface area contributed by atoms with E-state index >= 15 is 0 Å². The summed E-state index contributed by atoms with van der Waals surface area (Å²) in [7, 11) is 0. The van der Waals surface area contributed by atoms with Gasteiger partial charge in [-0.1, -0.05) is 0 Å². The first-order valence-electron chi connectivity index (χ1n) is 4.75. The number of ether oxygens (including phenoxy) is 1. The van der Waals surface area contributed by atoms with Gasteiger partial charge in [0.15, 0.2) is 6.29 Å². The first-order chi connectivity index (χ1) is 7.40. The number of hydrogen-bond donors (Lipinski definition) is 7. The van der Waals surface area contributed by atoms with Gasteiger partial charge in [0.25, 0.3) is 0 Å². The van der Waals surface area contributed by atoms with Crippen LogP contribution >= 0.6 is 0 Å². The molecule has 0 amide bonds. The lowest BCUT2D eigenvalue weighted by atomic mass is 9.93. The molecule has 0 saturated carbocycles. The molecule has 1 aliphatic heterocycles. The summed E-state index contributed by atoms with van der Waals surface area (Å²) in [4.78, 5) is 0. The Bertz CT molecular complexity index is 220. The van der Waals surface area contributed by atoms with E-state index in [1.807, 2.05) is 0 Å². The van der Waals surface area contributed by atoms with Gasteiger partial charge < -0.3 is 40.5 Å². The monoisotopic (exact) mass is 240 g/mol. The zero-order chi connectivity index (χ0) is 12.5. The molecular weight excluding hydrogens is 224 g/mol. The van der Waals surface area contributed by atoms with Crippen LogP contribution in [-0.2, 0) is 4.74 Å². The molecule has 96 valence electrons. The Balaban J connectivity index is 2.73. The van der Waals surface area contributed by atoms with E-state index in [1.165, 1.54) is 0 Å². The number of aliphatic hydroxyl groups is 7. The molecule has 0 spiro atoms. The smallest absolute Gasteiger partial charge is 0.184 e. The van der Waals surface area contributed by atoms with Crippen LogP contribution in [0.3, 0.4) is 0 Å². The van der Waals surface area contributed by atoms with E-state index in [9.17, 15) is 15.3 Å². The van der Waals surface area contributed by atoms with Crippen molar-refractivity contribution in [3.8, 4) is 0 Å². The van der Waals surface area contributed by atoms with Crippen LogP contribution in [0.15, 0.2) is 0 Å². The highest BCUT2D eigenvalue weighted by Crippen LogP contribution is 2.23. The van der Waals surface area contributed by atoms with Gasteiger partial charge in [0.2, 0.25) is 0 Å². The van der Waals surface area contributed by atoms with E-state index in [0.29, 0.717) is 0 Å². The second kappa shape index (κ2) is 5.34. The lowest BCUT2D eigenvalue weighted by Crippen LogP contribution is -2.62. The van der Waals surface area contributed by atoms with Gasteiger partial charge in [0.05, 0.1) is 6.61 Å². The molecule has 16 heavy (non-hydrogen) atoms. The highest BCUT2D eigenvalue weighted by Gasteiger charge is 2.47. The molecule has 1 heterocycles. The molecule has 0 aromatic rings. The van der Waals surface area contributed by atoms with Crippen molar-refractivity contribution in [1.29, 1.82) is 0 Å². The third-order valence-corrected chi connectivity index (χ3v) is 2.54. The maximum Gasteiger partial charge on any atom is 0.184 e. The lowest BCUT2D eigenvalue weighted by molar-refractivity contribution is -0.303. The van der Waals surface area contributed by atoms with E-state index in [4.69, 9.17) is 20.4 Å². The normalized spacial score (nSPS) is 44.1. The molecule has 1 rings (SSSR count). The summed E-state index contributed by atoms with van der Waals surface area (Å²) in [5, 5.41) is 64.1. The largest absolute Gasteiger partial charge is 0.394 e. The van der Waals surface area contributed by atoms with Crippen molar-refractivity contribution in [1.82, 2.24) is 0 Å². The number of aliphatic hydroxyl groups excluding tert-OH is 7. The van der Waals surface area contributed by atoms with Crippen molar-refractivity contribution in [2.75, 3.05) is 6.61 Å². The predicted octanol–water partition coefficient (Wildman–Crippen LogP) is -4.50. The molecule has 8 heteroatoms. The van der Waals surface area contributed by atoms with E-state index in [-0.39, 0.29) is 0 Å². The summed E-state index contributed by atoms with van der Waals surface area (Å²) in [5.41, 5.74) is 0. The molecule has 1 aliphatic rings. The molecule has 1 saturated heterocycles. The minimum Gasteiger partial charge on any atom is -0.394 e. The van der Waals surface area contributed by atoms with Crippen molar-refractivity contribution in [2.24, 2.45) is 0 Å². The van der Waals surface area contributed by atoms with Gasteiger partial charge in [-0.3, -0.25) is 0 Å². The van der Waals surface area contributed by atoms with E-state index < -0.39 is 49.5 Å². The molecule has 7 N–H and O–H groups in total. The Hall–Kier alpha value is -0.320. The van der Waals surface area contributed by atoms with Crippen LogP contribution in [-0.4, -0.2) is 85.3 Å². The third kappa shape index (κ3) is 2.50. The van der Waals surface area contributed by atoms with Crippen LogP contribution in [0.1, 0.15) is 0 Å². The molecule has 7 atom stereocenters. The second-order valence-electron chi connectivity index (χ2n) is 3.70. The molecule has 0 bridgehead atoms. The quantitative estimate of drug-likeness (QED) is 0.261. The Kier molecular flexibility index (Phi) is 4.59. The zero-order valence-electron chi connectivity index (χ0n) is 8.29. The Morgan fingerprint density at radius 1 is 0.938 bits per heavy atom. The first-order valence-corrected chi connectivity index (χ1v) is 4.75. The molecule has 8 nitrogen and oxygen atoms in total. The topological polar surface area (TPSA) is 151 Å². The molecule has 1 fully saturated rings. The fourth-order valence-corrected chi connectivity index (χ4v) is 1.50. The molecule has 7 unspecified atom stereocenters. The second-order valence-corrected chi connectivity index (χ2v) is 3.70. The number of rotatable bonds is 3. The maximum atomic E-state index is 9.44. The minimum atomic E-state index is -1.79. The summed E-state index contributed by atoms with van der Waals surface area (Å²) >= 11 is 0. The Morgan fingerprint density at radius 3 is 2.00 bits per heavy atom. The van der Waals surface area contributed by atoms with Crippen LogP contribution in [0.5, 0.6) is 0 Å². The highest BCUT2D eigenvalue weighted by atomic mass is 16.6. The molecular formula is C8H16O8. The third-order valence-electron chi connectivity index (χ3n) is 2.54. The SMILES string of the molecule is OCC(O)C(O)C1OC(O)C(O)C(O)C1O. The summed E-state index contributed by atoms with van der Waals surface area (Å²) < 4.78 is 4.64. The van der Waals surface area contributed by atoms with Crippen LogP contribution in [0.4, 0.5) is 0 Å². The van der Waals surface area contributed by atoms with Gasteiger partial charge in [-0.15, -0.1) is 0 Å². The molecule has 0 radical (unpaired) electrons. The first kappa shape index (κ1) is 13.7. The molecule has 0 aromatic carbocycles. The average molecular weight is 240 g/mol. The average Bonchev–Trinajstić information content (AvgIpc) is 2.29. The van der Waals surface area contributed by atoms with Crippen LogP contribution < -0.4 is 0 Å². The van der Waals surface area contributed by atoms with Crippen molar-refractivity contribution in [2.45, 2.75) is 42.9 Å². The lowest BCUT2D eigenvalue weighted by Gasteiger charge is -2.40. The summed E-state index contributed by atoms with van der Waals surface area (Å²) in [6.45, 7) is -0.775. The van der Waals surface area contributed by atoms with Crippen LogP contribution in [0, 0.1) is 0 Å². The van der Waals surface area contributed by atoms with Gasteiger partial charge >= 0.3 is 0 Å². The Labute approximate surface area is 91.0 Å². The van der Waals surface area contributed by atoms with Crippen molar-refractivity contribution >= 4 is 0 Å². The van der Waals surface area contributed by atoms with Gasteiger partial charge in [0.1, 0.15) is 36.6 Å². The van der Waals surface area contributed by atoms with Gasteiger partial charge in [-0.2, -0.15) is 0 Å². The van der Waals surface area contributed by atoms with Crippen LogP contribution in [0.2, 0.25) is 0 Å². The molecule has 0 aliphatic carbocycles. The van der Waals surface area contributed by atoms with Gasteiger partial charge in [-0.05, 0) is 0 Å². The fourth-order valence-electron chi connectivity index (χ4n) is 1.50. The van der Waals surface area contributed by atoms with E-state index in [1.54, 1.807) is 0 Å². The zero-order valence-corrected chi connectivity index (χ0v) is 8.29. The predicted molar refractivity (Wildman–Crippen MR) is 48.0 cm³/mol. The van der Waals surface area contributed by atoms with Gasteiger partial charge in [-0.25, -0.2) is 0 Å². The van der Waals surface area contributed by atoms with Crippen molar-refractivity contribution in [3.05, 3.63) is 0 Å². The van der Waals surface area contributed by atoms with E-state index in [0.717, 1.165) is 0 Å². The Morgan fingerprint density at radius 2 is 1.50 bits per heavy atom. The standard InChI is InChI=1S/C8H16O8/c9-1-2(10)3(11)7-5(13)4(12)6(14)8(15)16-7/h2-15H,1H2. The molecule has 0 aromatic heterocycles. The van der Waals surface area contributed by atoms with E-state index in [2.05, 4.69) is 4.74 Å². The summed E-state index contributed by atoms with van der Waals surface area (Å²) in [5.74, 6) is 0. The van der Waals surface area contributed by atoms with Gasteiger partial charge in [0, 0.05) is 0 Å². The summed E-state index contributed by atoms with van der Waals surface area (Å²) in [6.07, 6.45) is -11.7. The van der Waals surface area contributed by atoms with Crippen molar-refractivity contribution < 1.29 is 40.5 Å². The number of hydrogen-bond acceptors (Lipinski definition) is 8. The minimum absolute atomic E-state index is 0.775. The van der Waals surface area contributed by atoms with Crippen molar-refractivity contribution in [3.63, 3.8) is 0 Å². The van der Waals surface area contributed by atoms with Crippen LogP contribution in [0.25, 0.3) is 0 Å².